The Morgan fingerprint density at radius 3 is 2.92 bits per heavy atom. The van der Waals surface area contributed by atoms with Gasteiger partial charge in [-0.05, 0) is 19.9 Å². The van der Waals surface area contributed by atoms with Gasteiger partial charge in [-0.15, -0.1) is 0 Å². The van der Waals surface area contributed by atoms with E-state index in [1.165, 1.54) is 0 Å². The third kappa shape index (κ3) is 2.67. The molecule has 1 amide bonds. The molecule has 4 heteroatoms. The van der Waals surface area contributed by atoms with Gasteiger partial charge in [0.1, 0.15) is 0 Å². The molecule has 0 saturated carbocycles. The molecule has 0 aromatic carbocycles. The van der Waals surface area contributed by atoms with Crippen LogP contribution in [0.3, 0.4) is 0 Å². The maximum atomic E-state index is 11.7. The molecule has 0 spiro atoms. The summed E-state index contributed by atoms with van der Waals surface area (Å²) >= 11 is 0. The van der Waals surface area contributed by atoms with Crippen LogP contribution in [0, 0.1) is 5.92 Å². The normalized spacial score (nSPS) is 21.8. The van der Waals surface area contributed by atoms with Gasteiger partial charge < -0.3 is 15.3 Å². The third-order valence-electron chi connectivity index (χ3n) is 2.47. The predicted octanol–water partition coefficient (Wildman–Crippen LogP) is -0.563. The second kappa shape index (κ2) is 5.19. The van der Waals surface area contributed by atoms with E-state index in [-0.39, 0.29) is 18.4 Å². The van der Waals surface area contributed by atoms with Crippen molar-refractivity contribution < 1.29 is 9.90 Å². The molecule has 1 atom stereocenters. The van der Waals surface area contributed by atoms with E-state index >= 15 is 0 Å². The van der Waals surface area contributed by atoms with E-state index in [0.717, 1.165) is 19.5 Å². The van der Waals surface area contributed by atoms with Crippen molar-refractivity contribution >= 4 is 5.91 Å². The fraction of sp³-hybridized carbons (Fsp3) is 0.889. The molecule has 2 N–H and O–H groups in total. The summed E-state index contributed by atoms with van der Waals surface area (Å²) in [4.78, 5) is 13.5. The summed E-state index contributed by atoms with van der Waals surface area (Å²) in [6.45, 7) is 4.88. The molecular weight excluding hydrogens is 168 g/mol. The van der Waals surface area contributed by atoms with Gasteiger partial charge in [-0.25, -0.2) is 0 Å². The van der Waals surface area contributed by atoms with Crippen molar-refractivity contribution in [1.82, 2.24) is 10.2 Å². The van der Waals surface area contributed by atoms with E-state index in [1.54, 1.807) is 4.90 Å². The van der Waals surface area contributed by atoms with Crippen LogP contribution < -0.4 is 5.32 Å². The maximum Gasteiger partial charge on any atom is 0.227 e. The number of likely N-dealkylation sites (N-methyl/N-ethyl adjacent to an activating group) is 1. The van der Waals surface area contributed by atoms with E-state index < -0.39 is 0 Å². The number of rotatable bonds is 4. The van der Waals surface area contributed by atoms with Crippen molar-refractivity contribution in [2.75, 3.05) is 32.8 Å². The van der Waals surface area contributed by atoms with Crippen LogP contribution in [0.2, 0.25) is 0 Å². The minimum absolute atomic E-state index is 0.0553. The monoisotopic (exact) mass is 186 g/mol. The van der Waals surface area contributed by atoms with Gasteiger partial charge in [0.15, 0.2) is 0 Å². The zero-order valence-electron chi connectivity index (χ0n) is 8.12. The molecule has 0 bridgehead atoms. The summed E-state index contributed by atoms with van der Waals surface area (Å²) in [5, 5.41) is 11.9. The fourth-order valence-electron chi connectivity index (χ4n) is 1.67. The lowest BCUT2D eigenvalue weighted by Crippen LogP contribution is -2.38. The lowest BCUT2D eigenvalue weighted by molar-refractivity contribution is -0.135. The Balaban J connectivity index is 2.42. The Bertz CT molecular complexity index is 167. The molecule has 1 saturated heterocycles. The van der Waals surface area contributed by atoms with Crippen LogP contribution in [-0.2, 0) is 4.79 Å². The number of nitrogens with zero attached hydrogens (tertiary/aromatic N) is 1. The Morgan fingerprint density at radius 2 is 2.46 bits per heavy atom. The summed E-state index contributed by atoms with van der Waals surface area (Å²) in [5.41, 5.74) is 0. The number of hydrogen-bond donors (Lipinski definition) is 2. The summed E-state index contributed by atoms with van der Waals surface area (Å²) in [6.07, 6.45) is 0.931. The zero-order valence-corrected chi connectivity index (χ0v) is 8.12. The lowest BCUT2D eigenvalue weighted by atomic mass is 10.1. The SMILES string of the molecule is CCN(CCO)C(=O)C1CCNC1. The number of hydrogen-bond acceptors (Lipinski definition) is 3. The number of amides is 1. The zero-order chi connectivity index (χ0) is 9.68. The number of aliphatic hydroxyl groups excluding tert-OH is 1. The second-order valence-corrected chi connectivity index (χ2v) is 3.33. The second-order valence-electron chi connectivity index (χ2n) is 3.33. The first-order chi connectivity index (χ1) is 6.29. The van der Waals surface area contributed by atoms with Crippen LogP contribution in [0.4, 0.5) is 0 Å². The largest absolute Gasteiger partial charge is 0.395 e. The van der Waals surface area contributed by atoms with Gasteiger partial charge in [-0.3, -0.25) is 4.79 Å². The predicted molar refractivity (Wildman–Crippen MR) is 50.3 cm³/mol. The molecule has 1 aliphatic rings. The third-order valence-corrected chi connectivity index (χ3v) is 2.47. The van der Waals surface area contributed by atoms with Crippen molar-refractivity contribution in [2.45, 2.75) is 13.3 Å². The van der Waals surface area contributed by atoms with E-state index in [0.29, 0.717) is 13.1 Å². The average Bonchev–Trinajstić information content (AvgIpc) is 2.65. The van der Waals surface area contributed by atoms with E-state index in [1.807, 2.05) is 6.92 Å². The van der Waals surface area contributed by atoms with Crippen LogP contribution in [0.5, 0.6) is 0 Å². The minimum atomic E-state index is 0.0553. The number of carbonyl (C=O) groups is 1. The molecule has 1 fully saturated rings. The number of aliphatic hydroxyl groups is 1. The molecule has 1 rings (SSSR count). The molecule has 1 unspecified atom stereocenters. The van der Waals surface area contributed by atoms with Crippen molar-refractivity contribution in [3.05, 3.63) is 0 Å². The highest BCUT2D eigenvalue weighted by molar-refractivity contribution is 5.79. The van der Waals surface area contributed by atoms with Crippen molar-refractivity contribution in [2.24, 2.45) is 5.92 Å². The van der Waals surface area contributed by atoms with Crippen LogP contribution in [0.25, 0.3) is 0 Å². The maximum absolute atomic E-state index is 11.7. The van der Waals surface area contributed by atoms with Crippen LogP contribution in [0.1, 0.15) is 13.3 Å². The fourth-order valence-corrected chi connectivity index (χ4v) is 1.67. The van der Waals surface area contributed by atoms with Gasteiger partial charge in [-0.2, -0.15) is 0 Å². The summed E-state index contributed by atoms with van der Waals surface area (Å²) in [7, 11) is 0. The first-order valence-corrected chi connectivity index (χ1v) is 4.90. The topological polar surface area (TPSA) is 52.6 Å². The number of carbonyl (C=O) groups excluding carboxylic acids is 1. The first kappa shape index (κ1) is 10.5. The molecular formula is C9H18N2O2. The lowest BCUT2D eigenvalue weighted by Gasteiger charge is -2.22. The van der Waals surface area contributed by atoms with Gasteiger partial charge in [0.2, 0.25) is 5.91 Å². The van der Waals surface area contributed by atoms with Crippen molar-refractivity contribution in [3.8, 4) is 0 Å². The van der Waals surface area contributed by atoms with Gasteiger partial charge in [0.25, 0.3) is 0 Å². The number of nitrogens with one attached hydrogen (secondary N) is 1. The quantitative estimate of drug-likeness (QED) is 0.618. The molecule has 4 nitrogen and oxygen atoms in total. The van der Waals surface area contributed by atoms with Gasteiger partial charge >= 0.3 is 0 Å². The molecule has 13 heavy (non-hydrogen) atoms. The van der Waals surface area contributed by atoms with Gasteiger partial charge in [-0.1, -0.05) is 0 Å². The average molecular weight is 186 g/mol. The molecule has 0 radical (unpaired) electrons. The Kier molecular flexibility index (Phi) is 4.18. The minimum Gasteiger partial charge on any atom is -0.395 e. The van der Waals surface area contributed by atoms with E-state index in [9.17, 15) is 4.79 Å². The van der Waals surface area contributed by atoms with E-state index in [4.69, 9.17) is 5.11 Å². The highest BCUT2D eigenvalue weighted by atomic mass is 16.3. The highest BCUT2D eigenvalue weighted by Gasteiger charge is 2.25. The molecule has 0 aromatic rings. The molecule has 0 aliphatic carbocycles. The smallest absolute Gasteiger partial charge is 0.227 e. The molecule has 1 heterocycles. The van der Waals surface area contributed by atoms with E-state index in [2.05, 4.69) is 5.32 Å². The van der Waals surface area contributed by atoms with Gasteiger partial charge in [0, 0.05) is 19.6 Å². The summed E-state index contributed by atoms with van der Waals surface area (Å²) in [6, 6.07) is 0. The van der Waals surface area contributed by atoms with Crippen LogP contribution in [-0.4, -0.2) is 48.7 Å². The molecule has 76 valence electrons. The van der Waals surface area contributed by atoms with Crippen molar-refractivity contribution in [1.29, 1.82) is 0 Å². The Hall–Kier alpha value is -0.610. The summed E-state index contributed by atoms with van der Waals surface area (Å²) in [5.74, 6) is 0.313. The van der Waals surface area contributed by atoms with Crippen molar-refractivity contribution in [3.63, 3.8) is 0 Å². The first-order valence-electron chi connectivity index (χ1n) is 4.90. The molecule has 1 aliphatic heterocycles. The van der Waals surface area contributed by atoms with Crippen LogP contribution >= 0.6 is 0 Å². The highest BCUT2D eigenvalue weighted by Crippen LogP contribution is 2.11. The standard InChI is InChI=1S/C9H18N2O2/c1-2-11(5-6-12)9(13)8-3-4-10-7-8/h8,10,12H,2-7H2,1H3. The molecule has 0 aromatic heterocycles. The Morgan fingerprint density at radius 1 is 1.69 bits per heavy atom. The van der Waals surface area contributed by atoms with Gasteiger partial charge in [0.05, 0.1) is 12.5 Å². The van der Waals surface area contributed by atoms with Crippen LogP contribution in [0.15, 0.2) is 0 Å². The summed E-state index contributed by atoms with van der Waals surface area (Å²) < 4.78 is 0. The Labute approximate surface area is 78.9 Å².